The molecule has 2 unspecified atom stereocenters. The fraction of sp³-hybridized carbons (Fsp3) is 0.125. The topological polar surface area (TPSA) is 43.6 Å². The van der Waals surface area contributed by atoms with Gasteiger partial charge in [-0.1, -0.05) is 146 Å². The van der Waals surface area contributed by atoms with Crippen LogP contribution < -0.4 is 0 Å². The molecular weight excluding hydrogens is 767 g/mol. The molecular formula is C56H44F2N4. The van der Waals surface area contributed by atoms with Crippen LogP contribution in [0.25, 0.3) is 89.5 Å². The van der Waals surface area contributed by atoms with Crippen molar-refractivity contribution in [3.63, 3.8) is 0 Å². The van der Waals surface area contributed by atoms with E-state index in [-0.39, 0.29) is 5.56 Å². The Morgan fingerprint density at radius 3 is 1.65 bits per heavy atom. The van der Waals surface area contributed by atoms with E-state index in [4.69, 9.17) is 15.0 Å². The summed E-state index contributed by atoms with van der Waals surface area (Å²) in [5, 5.41) is 2.18. The van der Waals surface area contributed by atoms with E-state index in [1.807, 2.05) is 72.8 Å². The van der Waals surface area contributed by atoms with Crippen LogP contribution >= 0.6 is 0 Å². The van der Waals surface area contributed by atoms with Crippen LogP contribution in [-0.2, 0) is 0 Å². The van der Waals surface area contributed by atoms with Crippen molar-refractivity contribution in [3.05, 3.63) is 198 Å². The van der Waals surface area contributed by atoms with Crippen molar-refractivity contribution in [2.45, 2.75) is 34.6 Å². The SMILES string of the molecule is CC1=CC(C)C(C)C(c2ccc3c(c2)c2cc(-c4cc(C)cc(C)c4)ccc2n3-c2ccc(-c3c(F)cccc3F)cc2-c2nc(-c3ccccc3)nc(-c3ccccc3)n2)=C1. The average molecular weight is 811 g/mol. The minimum atomic E-state index is -0.650. The summed E-state index contributed by atoms with van der Waals surface area (Å²) in [5.74, 6) is 0.802. The molecule has 62 heavy (non-hydrogen) atoms. The maximum atomic E-state index is 15.6. The molecule has 0 N–H and O–H groups in total. The Labute approximate surface area is 360 Å². The Kier molecular flexibility index (Phi) is 9.79. The van der Waals surface area contributed by atoms with Crippen molar-refractivity contribution in [3.8, 4) is 62.1 Å². The minimum absolute atomic E-state index is 0.112. The average Bonchev–Trinajstić information content (AvgIpc) is 3.60. The summed E-state index contributed by atoms with van der Waals surface area (Å²) < 4.78 is 33.5. The number of aryl methyl sites for hydroxylation is 2. The molecule has 2 heterocycles. The molecule has 1 aliphatic rings. The first-order chi connectivity index (χ1) is 30.1. The maximum Gasteiger partial charge on any atom is 0.166 e. The number of rotatable bonds is 7. The second kappa shape index (κ2) is 15.6. The Bertz CT molecular complexity index is 3170. The van der Waals surface area contributed by atoms with Gasteiger partial charge in [0.15, 0.2) is 17.5 Å². The second-order valence-corrected chi connectivity index (χ2v) is 16.7. The molecule has 0 saturated carbocycles. The van der Waals surface area contributed by atoms with Gasteiger partial charge in [-0.05, 0) is 109 Å². The molecule has 2 atom stereocenters. The number of fused-ring (bicyclic) bond motifs is 3. The summed E-state index contributed by atoms with van der Waals surface area (Å²) >= 11 is 0. The Balaban J connectivity index is 1.29. The summed E-state index contributed by atoms with van der Waals surface area (Å²) in [6.45, 7) is 11.0. The normalized spacial score (nSPS) is 15.2. The first-order valence-electron chi connectivity index (χ1n) is 21.1. The number of benzene rings is 7. The van der Waals surface area contributed by atoms with Gasteiger partial charge in [-0.15, -0.1) is 0 Å². The molecule has 10 rings (SSSR count). The van der Waals surface area contributed by atoms with Gasteiger partial charge >= 0.3 is 0 Å². The van der Waals surface area contributed by atoms with E-state index in [9.17, 15) is 0 Å². The molecule has 0 spiro atoms. The lowest BCUT2D eigenvalue weighted by atomic mass is 9.79. The van der Waals surface area contributed by atoms with E-state index >= 15 is 8.78 Å². The third-order valence-electron chi connectivity index (χ3n) is 12.3. The highest BCUT2D eigenvalue weighted by Gasteiger charge is 2.25. The van der Waals surface area contributed by atoms with Crippen molar-refractivity contribution >= 4 is 27.4 Å². The maximum absolute atomic E-state index is 15.6. The second-order valence-electron chi connectivity index (χ2n) is 16.7. The molecule has 0 bridgehead atoms. The number of hydrogen-bond donors (Lipinski definition) is 0. The Morgan fingerprint density at radius 2 is 1.03 bits per heavy atom. The molecule has 7 aromatic carbocycles. The van der Waals surface area contributed by atoms with Crippen molar-refractivity contribution in [2.75, 3.05) is 0 Å². The minimum Gasteiger partial charge on any atom is -0.308 e. The zero-order valence-corrected chi connectivity index (χ0v) is 35.3. The van der Waals surface area contributed by atoms with Gasteiger partial charge in [0, 0.05) is 27.5 Å². The highest BCUT2D eigenvalue weighted by atomic mass is 19.1. The number of aromatic nitrogens is 4. The molecule has 6 heteroatoms. The predicted octanol–water partition coefficient (Wildman–Crippen LogP) is 14.8. The monoisotopic (exact) mass is 810 g/mol. The number of nitrogens with zero attached hydrogens (tertiary/aromatic N) is 4. The van der Waals surface area contributed by atoms with Crippen LogP contribution in [0.1, 0.15) is 37.5 Å². The van der Waals surface area contributed by atoms with Crippen molar-refractivity contribution in [2.24, 2.45) is 11.8 Å². The van der Waals surface area contributed by atoms with Crippen molar-refractivity contribution < 1.29 is 8.78 Å². The molecule has 0 aliphatic heterocycles. The first kappa shape index (κ1) is 38.9. The molecule has 2 aromatic heterocycles. The van der Waals surface area contributed by atoms with E-state index in [1.165, 1.54) is 46.0 Å². The van der Waals surface area contributed by atoms with Gasteiger partial charge in [0.1, 0.15) is 11.6 Å². The van der Waals surface area contributed by atoms with E-state index in [1.54, 1.807) is 6.07 Å². The van der Waals surface area contributed by atoms with Gasteiger partial charge < -0.3 is 4.57 Å². The lowest BCUT2D eigenvalue weighted by Crippen LogP contribution is -2.12. The van der Waals surface area contributed by atoms with Crippen molar-refractivity contribution in [1.29, 1.82) is 0 Å². The van der Waals surface area contributed by atoms with Gasteiger partial charge in [-0.2, -0.15) is 0 Å². The van der Waals surface area contributed by atoms with Crippen LogP contribution in [0, 0.1) is 37.3 Å². The van der Waals surface area contributed by atoms with Gasteiger partial charge in [0.25, 0.3) is 0 Å². The van der Waals surface area contributed by atoms with Gasteiger partial charge in [-0.25, -0.2) is 23.7 Å². The van der Waals surface area contributed by atoms with Crippen LogP contribution in [0.3, 0.4) is 0 Å². The lowest BCUT2D eigenvalue weighted by molar-refractivity contribution is 0.564. The van der Waals surface area contributed by atoms with Crippen LogP contribution in [0.2, 0.25) is 0 Å². The molecule has 1 aliphatic carbocycles. The largest absolute Gasteiger partial charge is 0.308 e. The molecule has 0 radical (unpaired) electrons. The Hall–Kier alpha value is -7.31. The van der Waals surface area contributed by atoms with E-state index in [2.05, 4.69) is 106 Å². The fourth-order valence-corrected chi connectivity index (χ4v) is 9.16. The Morgan fingerprint density at radius 1 is 0.484 bits per heavy atom. The molecule has 0 amide bonds. The highest BCUT2D eigenvalue weighted by Crippen LogP contribution is 2.43. The number of allylic oxidation sites excluding steroid dienone is 4. The summed E-state index contributed by atoms with van der Waals surface area (Å²) in [7, 11) is 0. The zero-order chi connectivity index (χ0) is 42.6. The van der Waals surface area contributed by atoms with E-state index < -0.39 is 11.6 Å². The van der Waals surface area contributed by atoms with Crippen LogP contribution in [-0.4, -0.2) is 19.5 Å². The van der Waals surface area contributed by atoms with Crippen LogP contribution in [0.15, 0.2) is 169 Å². The van der Waals surface area contributed by atoms with E-state index in [0.717, 1.165) is 49.7 Å². The quantitative estimate of drug-likeness (QED) is 0.161. The van der Waals surface area contributed by atoms with Gasteiger partial charge in [0.2, 0.25) is 0 Å². The summed E-state index contributed by atoms with van der Waals surface area (Å²) in [6.07, 6.45) is 4.67. The van der Waals surface area contributed by atoms with Gasteiger partial charge in [-0.3, -0.25) is 0 Å². The molecule has 0 saturated heterocycles. The van der Waals surface area contributed by atoms with E-state index in [0.29, 0.717) is 40.4 Å². The zero-order valence-electron chi connectivity index (χ0n) is 35.3. The van der Waals surface area contributed by atoms with Crippen LogP contribution in [0.5, 0.6) is 0 Å². The molecule has 0 fully saturated rings. The fourth-order valence-electron chi connectivity index (χ4n) is 9.16. The summed E-state index contributed by atoms with van der Waals surface area (Å²) in [4.78, 5) is 15.2. The molecule has 4 nitrogen and oxygen atoms in total. The lowest BCUT2D eigenvalue weighted by Gasteiger charge is -2.26. The van der Waals surface area contributed by atoms with Gasteiger partial charge in [0.05, 0.1) is 22.3 Å². The number of halogens is 2. The standard InChI is InChI=1S/C56H44F2N4/c1-33-25-34(2)28-43(27-33)40-19-22-50-45(30-40)46-31-41(44-29-35(3)26-36(4)37(44)5)20-23-51(46)62(50)52-24-21-42(53-48(57)17-12-18-49(53)58)32-47(52)56-60-54(38-13-8-6-9-14-38)59-55(61-56)39-15-10-7-11-16-39/h6-32,36-37H,1-5H3. The summed E-state index contributed by atoms with van der Waals surface area (Å²) in [6, 6.07) is 49.2. The first-order valence-corrected chi connectivity index (χ1v) is 21.1. The van der Waals surface area contributed by atoms with Crippen molar-refractivity contribution in [1.82, 2.24) is 19.5 Å². The third-order valence-corrected chi connectivity index (χ3v) is 12.3. The predicted molar refractivity (Wildman–Crippen MR) is 251 cm³/mol. The smallest absolute Gasteiger partial charge is 0.166 e. The summed E-state index contributed by atoms with van der Waals surface area (Å²) in [5.41, 5.74) is 13.7. The third kappa shape index (κ3) is 7.01. The molecule has 302 valence electrons. The number of hydrogen-bond acceptors (Lipinski definition) is 3. The molecule has 9 aromatic rings. The highest BCUT2D eigenvalue weighted by molar-refractivity contribution is 6.12. The van der Waals surface area contributed by atoms with Crippen LogP contribution in [0.4, 0.5) is 8.78 Å².